The van der Waals surface area contributed by atoms with Gasteiger partial charge in [0.2, 0.25) is 0 Å². The number of fused-ring (bicyclic) bond motifs is 3. The summed E-state index contributed by atoms with van der Waals surface area (Å²) in [6, 6.07) is 1.69. The molecule has 0 spiro atoms. The van der Waals surface area contributed by atoms with Crippen LogP contribution in [0.15, 0.2) is 12.4 Å². The van der Waals surface area contributed by atoms with Gasteiger partial charge in [-0.25, -0.2) is 9.97 Å². The molecule has 1 N–H and O–H groups in total. The number of nitrogens with one attached hydrogen (secondary N) is 1. The van der Waals surface area contributed by atoms with Gasteiger partial charge in [0.15, 0.2) is 0 Å². The second-order valence-corrected chi connectivity index (χ2v) is 8.44. The van der Waals surface area contributed by atoms with Crippen molar-refractivity contribution < 1.29 is 4.79 Å². The van der Waals surface area contributed by atoms with E-state index in [0.717, 1.165) is 46.8 Å². The number of nitrogens with zero attached hydrogens (tertiary/aromatic N) is 5. The highest BCUT2D eigenvalue weighted by Crippen LogP contribution is 2.38. The first-order valence-electron chi connectivity index (χ1n) is 9.45. The Balaban J connectivity index is 1.45. The van der Waals surface area contributed by atoms with Gasteiger partial charge in [-0.05, 0) is 44.6 Å². The largest absolute Gasteiger partial charge is 0.358 e. The maximum absolute atomic E-state index is 13.0. The van der Waals surface area contributed by atoms with Crippen molar-refractivity contribution in [3.05, 3.63) is 28.5 Å². The molecule has 0 aromatic carbocycles. The molecule has 1 aliphatic carbocycles. The molecule has 4 heterocycles. The first-order valence-corrected chi connectivity index (χ1v) is 10.3. The molecule has 27 heavy (non-hydrogen) atoms. The van der Waals surface area contributed by atoms with E-state index in [9.17, 15) is 4.79 Å². The highest BCUT2D eigenvalue weighted by molar-refractivity contribution is 7.19. The minimum Gasteiger partial charge on any atom is -0.358 e. The minimum atomic E-state index is -0.266. The van der Waals surface area contributed by atoms with Crippen LogP contribution in [0.3, 0.4) is 0 Å². The average Bonchev–Trinajstić information content (AvgIpc) is 3.31. The van der Waals surface area contributed by atoms with Crippen LogP contribution in [-0.4, -0.2) is 38.2 Å². The van der Waals surface area contributed by atoms with Crippen LogP contribution in [0.25, 0.3) is 10.2 Å². The summed E-state index contributed by atoms with van der Waals surface area (Å²) < 4.78 is 1.77. The topological polar surface area (TPSA) is 75.9 Å². The van der Waals surface area contributed by atoms with Crippen molar-refractivity contribution in [1.82, 2.24) is 19.7 Å². The molecular formula is C19H22N6OS. The molecule has 0 saturated carbocycles. The van der Waals surface area contributed by atoms with Gasteiger partial charge in [0.05, 0.1) is 11.1 Å². The van der Waals surface area contributed by atoms with Crippen molar-refractivity contribution in [3.63, 3.8) is 0 Å². The second kappa shape index (κ2) is 6.30. The molecule has 1 unspecified atom stereocenters. The van der Waals surface area contributed by atoms with Crippen LogP contribution >= 0.6 is 11.3 Å². The number of amides is 1. The van der Waals surface area contributed by atoms with E-state index in [4.69, 9.17) is 0 Å². The monoisotopic (exact) mass is 382 g/mol. The van der Waals surface area contributed by atoms with E-state index in [1.54, 1.807) is 22.3 Å². The molecule has 3 aromatic heterocycles. The lowest BCUT2D eigenvalue weighted by Crippen LogP contribution is -2.34. The fourth-order valence-electron chi connectivity index (χ4n) is 4.26. The van der Waals surface area contributed by atoms with Gasteiger partial charge in [-0.15, -0.1) is 11.3 Å². The van der Waals surface area contributed by atoms with Crippen molar-refractivity contribution in [2.75, 3.05) is 16.8 Å². The highest BCUT2D eigenvalue weighted by Gasteiger charge is 2.35. The maximum Gasteiger partial charge on any atom is 0.250 e. The summed E-state index contributed by atoms with van der Waals surface area (Å²) in [6.07, 6.45) is 7.02. The van der Waals surface area contributed by atoms with E-state index in [1.165, 1.54) is 23.3 Å². The quantitative estimate of drug-likeness (QED) is 0.754. The number of thiophene rings is 1. The van der Waals surface area contributed by atoms with E-state index in [2.05, 4.69) is 20.4 Å². The first-order chi connectivity index (χ1) is 13.1. The van der Waals surface area contributed by atoms with Gasteiger partial charge >= 0.3 is 0 Å². The van der Waals surface area contributed by atoms with Gasteiger partial charge in [-0.3, -0.25) is 14.4 Å². The molecule has 3 aromatic rings. The Labute approximate surface area is 161 Å². The van der Waals surface area contributed by atoms with Crippen LogP contribution in [0.4, 0.5) is 11.6 Å². The number of aryl methyl sites for hydroxylation is 4. The number of hydrogen-bond donors (Lipinski definition) is 1. The standard InChI is InChI=1S/C19H22N6OS/c1-11-9-15(24(2)23-11)25-8-7-13(19(25)26)22-17-16-12-5-3-4-6-14(12)27-18(16)21-10-20-17/h9-10,13H,3-8H2,1-2H3,(H,20,21,22). The molecule has 5 rings (SSSR count). The summed E-state index contributed by atoms with van der Waals surface area (Å²) in [4.78, 5) is 26.3. The Morgan fingerprint density at radius 1 is 1.26 bits per heavy atom. The average molecular weight is 382 g/mol. The highest BCUT2D eigenvalue weighted by atomic mass is 32.1. The fraction of sp³-hybridized carbons (Fsp3) is 0.474. The Bertz CT molecular complexity index is 1040. The van der Waals surface area contributed by atoms with Gasteiger partial charge in [-0.1, -0.05) is 0 Å². The minimum absolute atomic E-state index is 0.0776. The number of anilines is 2. The van der Waals surface area contributed by atoms with Crippen molar-refractivity contribution in [3.8, 4) is 0 Å². The Kier molecular flexibility index (Phi) is 3.89. The molecule has 1 saturated heterocycles. The van der Waals surface area contributed by atoms with Gasteiger partial charge < -0.3 is 5.32 Å². The summed E-state index contributed by atoms with van der Waals surface area (Å²) in [5.74, 6) is 1.73. The number of carbonyl (C=O) groups is 1. The molecule has 7 nitrogen and oxygen atoms in total. The number of rotatable bonds is 3. The lowest BCUT2D eigenvalue weighted by atomic mass is 9.97. The molecule has 8 heteroatoms. The number of aromatic nitrogens is 4. The molecule has 2 aliphatic rings. The second-order valence-electron chi connectivity index (χ2n) is 7.36. The van der Waals surface area contributed by atoms with Gasteiger partial charge in [0, 0.05) is 24.5 Å². The fourth-order valence-corrected chi connectivity index (χ4v) is 5.48. The van der Waals surface area contributed by atoms with Crippen LogP contribution in [-0.2, 0) is 24.7 Å². The van der Waals surface area contributed by atoms with E-state index in [0.29, 0.717) is 6.54 Å². The van der Waals surface area contributed by atoms with Crippen LogP contribution < -0.4 is 10.2 Å². The van der Waals surface area contributed by atoms with E-state index < -0.39 is 0 Å². The van der Waals surface area contributed by atoms with Crippen molar-refractivity contribution in [1.29, 1.82) is 0 Å². The van der Waals surface area contributed by atoms with Crippen molar-refractivity contribution >= 4 is 39.1 Å². The number of carbonyl (C=O) groups excluding carboxylic acids is 1. The summed E-state index contributed by atoms with van der Waals surface area (Å²) >= 11 is 1.78. The van der Waals surface area contributed by atoms with Crippen molar-refractivity contribution in [2.45, 2.75) is 45.1 Å². The first kappa shape index (κ1) is 16.7. The Morgan fingerprint density at radius 2 is 2.11 bits per heavy atom. The summed E-state index contributed by atoms with van der Waals surface area (Å²) in [5, 5.41) is 8.92. The van der Waals surface area contributed by atoms with Crippen LogP contribution in [0, 0.1) is 6.92 Å². The summed E-state index contributed by atoms with van der Waals surface area (Å²) in [5.41, 5.74) is 2.30. The third-order valence-electron chi connectivity index (χ3n) is 5.52. The SMILES string of the molecule is Cc1cc(N2CCC(Nc3ncnc4sc5c(c34)CCCC5)C2=O)n(C)n1. The molecule has 1 aliphatic heterocycles. The molecular weight excluding hydrogens is 360 g/mol. The summed E-state index contributed by atoms with van der Waals surface area (Å²) in [6.45, 7) is 2.63. The lowest BCUT2D eigenvalue weighted by molar-refractivity contribution is -0.117. The molecule has 1 amide bonds. The van der Waals surface area contributed by atoms with Gasteiger partial charge in [0.25, 0.3) is 5.91 Å². The lowest BCUT2D eigenvalue weighted by Gasteiger charge is -2.18. The van der Waals surface area contributed by atoms with Gasteiger partial charge in [0.1, 0.15) is 28.8 Å². The molecule has 0 radical (unpaired) electrons. The van der Waals surface area contributed by atoms with Crippen LogP contribution in [0.1, 0.15) is 35.4 Å². The Morgan fingerprint density at radius 3 is 2.93 bits per heavy atom. The van der Waals surface area contributed by atoms with E-state index in [1.807, 2.05) is 24.9 Å². The zero-order valence-corrected chi connectivity index (χ0v) is 16.3. The Hall–Kier alpha value is -2.48. The maximum atomic E-state index is 13.0. The smallest absolute Gasteiger partial charge is 0.250 e. The molecule has 140 valence electrons. The predicted molar refractivity (Wildman–Crippen MR) is 106 cm³/mol. The summed E-state index contributed by atoms with van der Waals surface area (Å²) in [7, 11) is 1.88. The third kappa shape index (κ3) is 2.70. The molecule has 0 bridgehead atoms. The van der Waals surface area contributed by atoms with Gasteiger partial charge in [-0.2, -0.15) is 5.10 Å². The van der Waals surface area contributed by atoms with Crippen LogP contribution in [0.5, 0.6) is 0 Å². The number of hydrogen-bond acceptors (Lipinski definition) is 6. The van der Waals surface area contributed by atoms with E-state index >= 15 is 0 Å². The van der Waals surface area contributed by atoms with Crippen molar-refractivity contribution in [2.24, 2.45) is 7.05 Å². The van der Waals surface area contributed by atoms with E-state index in [-0.39, 0.29) is 11.9 Å². The predicted octanol–water partition coefficient (Wildman–Crippen LogP) is 2.83. The third-order valence-corrected chi connectivity index (χ3v) is 6.72. The molecule has 1 fully saturated rings. The molecule has 1 atom stereocenters. The zero-order chi connectivity index (χ0) is 18.5. The normalized spacial score (nSPS) is 19.7. The zero-order valence-electron chi connectivity index (χ0n) is 15.5. The van der Waals surface area contributed by atoms with Crippen LogP contribution in [0.2, 0.25) is 0 Å².